The fraction of sp³-hybridized carbons (Fsp3) is 0.938. The SMILES string of the molecule is CCOC(CCNC(=NC)NCCCN(CC)S(C)(=O)=O)C(C)C.I. The zero-order valence-corrected chi connectivity index (χ0v) is 19.7. The third-order valence-corrected chi connectivity index (χ3v) is 5.15. The third kappa shape index (κ3) is 12.8. The van der Waals surface area contributed by atoms with Gasteiger partial charge in [0.25, 0.3) is 0 Å². The van der Waals surface area contributed by atoms with Gasteiger partial charge in [0, 0.05) is 39.8 Å². The van der Waals surface area contributed by atoms with Crippen molar-refractivity contribution in [2.24, 2.45) is 10.9 Å². The summed E-state index contributed by atoms with van der Waals surface area (Å²) in [6.45, 7) is 11.4. The molecular formula is C16H37IN4O3S. The van der Waals surface area contributed by atoms with Crippen molar-refractivity contribution in [1.82, 2.24) is 14.9 Å². The lowest BCUT2D eigenvalue weighted by atomic mass is 10.0. The molecule has 0 heterocycles. The second kappa shape index (κ2) is 15.0. The fourth-order valence-electron chi connectivity index (χ4n) is 2.40. The van der Waals surface area contributed by atoms with E-state index >= 15 is 0 Å². The molecule has 0 fully saturated rings. The number of nitrogens with one attached hydrogen (secondary N) is 2. The van der Waals surface area contributed by atoms with E-state index in [9.17, 15) is 8.42 Å². The maximum Gasteiger partial charge on any atom is 0.211 e. The van der Waals surface area contributed by atoms with Crippen LogP contribution in [0.5, 0.6) is 0 Å². The molecule has 152 valence electrons. The summed E-state index contributed by atoms with van der Waals surface area (Å²) in [5.41, 5.74) is 0. The molecule has 1 atom stereocenters. The molecule has 7 nitrogen and oxygen atoms in total. The van der Waals surface area contributed by atoms with E-state index in [1.54, 1.807) is 7.05 Å². The van der Waals surface area contributed by atoms with Crippen molar-refractivity contribution in [1.29, 1.82) is 0 Å². The molecular weight excluding hydrogens is 455 g/mol. The number of sulfonamides is 1. The smallest absolute Gasteiger partial charge is 0.211 e. The summed E-state index contributed by atoms with van der Waals surface area (Å²) in [4.78, 5) is 4.18. The first-order chi connectivity index (χ1) is 11.3. The van der Waals surface area contributed by atoms with Gasteiger partial charge < -0.3 is 15.4 Å². The zero-order chi connectivity index (χ0) is 18.6. The van der Waals surface area contributed by atoms with Crippen molar-refractivity contribution in [2.75, 3.05) is 46.1 Å². The van der Waals surface area contributed by atoms with Crippen molar-refractivity contribution in [3.8, 4) is 0 Å². The quantitative estimate of drug-likeness (QED) is 0.188. The van der Waals surface area contributed by atoms with E-state index in [1.807, 2.05) is 13.8 Å². The second-order valence-corrected chi connectivity index (χ2v) is 8.04. The lowest BCUT2D eigenvalue weighted by molar-refractivity contribution is 0.0258. The van der Waals surface area contributed by atoms with Crippen LogP contribution in [0.15, 0.2) is 4.99 Å². The van der Waals surface area contributed by atoms with Gasteiger partial charge >= 0.3 is 0 Å². The summed E-state index contributed by atoms with van der Waals surface area (Å²) in [6, 6.07) is 0. The summed E-state index contributed by atoms with van der Waals surface area (Å²) in [5, 5.41) is 6.48. The van der Waals surface area contributed by atoms with Crippen LogP contribution in [-0.2, 0) is 14.8 Å². The highest BCUT2D eigenvalue weighted by atomic mass is 127. The highest BCUT2D eigenvalue weighted by Gasteiger charge is 2.14. The van der Waals surface area contributed by atoms with Gasteiger partial charge in [-0.3, -0.25) is 4.99 Å². The predicted octanol–water partition coefficient (Wildman–Crippen LogP) is 1.89. The molecule has 0 bridgehead atoms. The Bertz CT molecular complexity index is 458. The van der Waals surface area contributed by atoms with Crippen molar-refractivity contribution < 1.29 is 13.2 Å². The monoisotopic (exact) mass is 492 g/mol. The molecule has 0 aliphatic heterocycles. The average Bonchev–Trinajstić information content (AvgIpc) is 2.50. The van der Waals surface area contributed by atoms with Crippen molar-refractivity contribution in [2.45, 2.75) is 46.6 Å². The van der Waals surface area contributed by atoms with Gasteiger partial charge in [-0.25, -0.2) is 12.7 Å². The minimum absolute atomic E-state index is 0. The zero-order valence-electron chi connectivity index (χ0n) is 16.5. The van der Waals surface area contributed by atoms with E-state index in [1.165, 1.54) is 10.6 Å². The highest BCUT2D eigenvalue weighted by Crippen LogP contribution is 2.09. The Morgan fingerprint density at radius 3 is 2.24 bits per heavy atom. The third-order valence-electron chi connectivity index (χ3n) is 3.77. The Hall–Kier alpha value is -0.130. The van der Waals surface area contributed by atoms with Crippen molar-refractivity contribution in [3.05, 3.63) is 0 Å². The maximum absolute atomic E-state index is 11.5. The van der Waals surface area contributed by atoms with Crippen LogP contribution in [0.3, 0.4) is 0 Å². The van der Waals surface area contributed by atoms with Crippen LogP contribution in [0, 0.1) is 5.92 Å². The van der Waals surface area contributed by atoms with E-state index in [0.717, 1.165) is 32.0 Å². The Morgan fingerprint density at radius 2 is 1.80 bits per heavy atom. The summed E-state index contributed by atoms with van der Waals surface area (Å²) in [7, 11) is -1.38. The maximum atomic E-state index is 11.5. The molecule has 0 saturated carbocycles. The molecule has 0 aliphatic carbocycles. The van der Waals surface area contributed by atoms with E-state index in [-0.39, 0.29) is 30.1 Å². The average molecular weight is 492 g/mol. The number of nitrogens with zero attached hydrogens (tertiary/aromatic N) is 2. The van der Waals surface area contributed by atoms with Crippen LogP contribution in [-0.4, -0.2) is 70.9 Å². The number of hydrogen-bond acceptors (Lipinski definition) is 4. The Morgan fingerprint density at radius 1 is 1.20 bits per heavy atom. The van der Waals surface area contributed by atoms with Gasteiger partial charge in [0.2, 0.25) is 10.0 Å². The molecule has 0 spiro atoms. The van der Waals surface area contributed by atoms with Crippen LogP contribution in [0.4, 0.5) is 0 Å². The number of rotatable bonds is 12. The van der Waals surface area contributed by atoms with E-state index in [4.69, 9.17) is 4.74 Å². The largest absolute Gasteiger partial charge is 0.378 e. The number of aliphatic imine (C=N–C) groups is 1. The number of halogens is 1. The fourth-order valence-corrected chi connectivity index (χ4v) is 3.33. The number of hydrogen-bond donors (Lipinski definition) is 2. The lowest BCUT2D eigenvalue weighted by Crippen LogP contribution is -2.40. The summed E-state index contributed by atoms with van der Waals surface area (Å²) >= 11 is 0. The van der Waals surface area contributed by atoms with Gasteiger partial charge in [0.05, 0.1) is 12.4 Å². The summed E-state index contributed by atoms with van der Waals surface area (Å²) in [5.74, 6) is 1.22. The number of guanidine groups is 1. The molecule has 0 saturated heterocycles. The molecule has 0 aromatic carbocycles. The molecule has 25 heavy (non-hydrogen) atoms. The Labute approximate surface area is 171 Å². The first kappa shape index (κ1) is 27.1. The van der Waals surface area contributed by atoms with E-state index in [0.29, 0.717) is 25.6 Å². The second-order valence-electron chi connectivity index (χ2n) is 6.06. The van der Waals surface area contributed by atoms with Gasteiger partial charge in [0.1, 0.15) is 0 Å². The molecule has 0 aromatic heterocycles. The minimum atomic E-state index is -3.11. The van der Waals surface area contributed by atoms with Crippen LogP contribution >= 0.6 is 24.0 Å². The first-order valence-corrected chi connectivity index (χ1v) is 10.6. The van der Waals surface area contributed by atoms with Crippen molar-refractivity contribution in [3.63, 3.8) is 0 Å². The molecule has 2 N–H and O–H groups in total. The predicted molar refractivity (Wildman–Crippen MR) is 116 cm³/mol. The van der Waals surface area contributed by atoms with Gasteiger partial charge in [-0.15, -0.1) is 24.0 Å². The van der Waals surface area contributed by atoms with Crippen LogP contribution < -0.4 is 10.6 Å². The van der Waals surface area contributed by atoms with E-state index in [2.05, 4.69) is 29.5 Å². The van der Waals surface area contributed by atoms with Gasteiger partial charge in [-0.05, 0) is 25.7 Å². The van der Waals surface area contributed by atoms with Crippen LogP contribution in [0.2, 0.25) is 0 Å². The standard InChI is InChI=1S/C16H36N4O3S.HI/c1-7-20(24(6,21)22)13-9-11-18-16(17-5)19-12-10-15(14(3)4)23-8-2;/h14-15H,7-13H2,1-6H3,(H2,17,18,19);1H. The summed E-state index contributed by atoms with van der Waals surface area (Å²) in [6.07, 6.45) is 3.14. The summed E-state index contributed by atoms with van der Waals surface area (Å²) < 4.78 is 30.2. The van der Waals surface area contributed by atoms with Gasteiger partial charge in [-0.1, -0.05) is 20.8 Å². The number of ether oxygens (including phenoxy) is 1. The molecule has 0 rings (SSSR count). The lowest BCUT2D eigenvalue weighted by Gasteiger charge is -2.22. The molecule has 9 heteroatoms. The first-order valence-electron chi connectivity index (χ1n) is 8.77. The highest BCUT2D eigenvalue weighted by molar-refractivity contribution is 14.0. The molecule has 0 aliphatic rings. The Kier molecular flexibility index (Phi) is 16.2. The topological polar surface area (TPSA) is 83.0 Å². The van der Waals surface area contributed by atoms with Crippen LogP contribution in [0.25, 0.3) is 0 Å². The Balaban J connectivity index is 0. The molecule has 0 amide bonds. The molecule has 0 aromatic rings. The molecule has 0 radical (unpaired) electrons. The van der Waals surface area contributed by atoms with Crippen molar-refractivity contribution >= 4 is 40.0 Å². The van der Waals surface area contributed by atoms with Gasteiger partial charge in [0.15, 0.2) is 5.96 Å². The van der Waals surface area contributed by atoms with Gasteiger partial charge in [-0.2, -0.15) is 0 Å². The molecule has 1 unspecified atom stereocenters. The van der Waals surface area contributed by atoms with E-state index < -0.39 is 10.0 Å². The minimum Gasteiger partial charge on any atom is -0.378 e. The van der Waals surface area contributed by atoms with Crippen LogP contribution in [0.1, 0.15) is 40.5 Å². The normalized spacial score (nSPS) is 13.7.